The number of nitrogens with one attached hydrogen (secondary N) is 1. The van der Waals surface area contributed by atoms with Crippen molar-refractivity contribution in [3.05, 3.63) is 29.8 Å². The fraction of sp³-hybridized carbons (Fsp3) is 0.619. The first-order valence-corrected chi connectivity index (χ1v) is 9.89. The van der Waals surface area contributed by atoms with Crippen LogP contribution < -0.4 is 10.1 Å². The average molecular weight is 373 g/mol. The number of aliphatic imine (C=N–C) groups is 1. The van der Waals surface area contributed by atoms with Crippen LogP contribution in [0.4, 0.5) is 0 Å². The smallest absolute Gasteiger partial charge is 0.310 e. The van der Waals surface area contributed by atoms with E-state index in [1.54, 1.807) is 14.2 Å². The molecule has 3 rings (SSSR count). The summed E-state index contributed by atoms with van der Waals surface area (Å²) in [6.45, 7) is 4.69. The Balaban J connectivity index is 1.63. The van der Waals surface area contributed by atoms with Crippen LogP contribution >= 0.6 is 0 Å². The second-order valence-corrected chi connectivity index (χ2v) is 7.42. The Hall–Kier alpha value is -2.24. The van der Waals surface area contributed by atoms with Gasteiger partial charge in [0, 0.05) is 37.7 Å². The first kappa shape index (κ1) is 19.5. The minimum Gasteiger partial charge on any atom is -0.496 e. The van der Waals surface area contributed by atoms with Crippen LogP contribution in [0.5, 0.6) is 5.75 Å². The van der Waals surface area contributed by atoms with Crippen LogP contribution in [0.3, 0.4) is 0 Å². The molecular weight excluding hydrogens is 342 g/mol. The van der Waals surface area contributed by atoms with Gasteiger partial charge in [0.2, 0.25) is 0 Å². The van der Waals surface area contributed by atoms with E-state index in [0.29, 0.717) is 13.2 Å². The second kappa shape index (κ2) is 8.63. The lowest BCUT2D eigenvalue weighted by Crippen LogP contribution is -2.49. The van der Waals surface area contributed by atoms with Crippen molar-refractivity contribution in [3.63, 3.8) is 0 Å². The molecule has 0 spiro atoms. The van der Waals surface area contributed by atoms with Gasteiger partial charge in [-0.25, -0.2) is 0 Å². The standard InChI is InChI=1S/C21H31N3O3/c1-4-27-19(25)16-8-7-13-24(14-16)20(22-2)23-15-21(11-12-21)17-9-5-6-10-18(17)26-3/h5-6,9-10,16H,4,7-8,11-15H2,1-3H3,(H,22,23). The summed E-state index contributed by atoms with van der Waals surface area (Å²) in [4.78, 5) is 18.8. The highest BCUT2D eigenvalue weighted by Crippen LogP contribution is 2.50. The fourth-order valence-corrected chi connectivity index (χ4v) is 3.98. The number of piperidine rings is 1. The zero-order valence-corrected chi connectivity index (χ0v) is 16.7. The molecule has 1 aromatic carbocycles. The summed E-state index contributed by atoms with van der Waals surface area (Å²) in [5.41, 5.74) is 1.37. The Labute approximate surface area is 161 Å². The fourth-order valence-electron chi connectivity index (χ4n) is 3.98. The van der Waals surface area contributed by atoms with Crippen molar-refractivity contribution < 1.29 is 14.3 Å². The van der Waals surface area contributed by atoms with Gasteiger partial charge in [-0.15, -0.1) is 0 Å². The maximum absolute atomic E-state index is 12.1. The lowest BCUT2D eigenvalue weighted by atomic mass is 9.95. The predicted molar refractivity (Wildman–Crippen MR) is 106 cm³/mol. The molecule has 27 heavy (non-hydrogen) atoms. The van der Waals surface area contributed by atoms with Crippen molar-refractivity contribution in [1.29, 1.82) is 0 Å². The zero-order valence-electron chi connectivity index (χ0n) is 16.7. The number of methoxy groups -OCH3 is 1. The number of carbonyl (C=O) groups excluding carboxylic acids is 1. The molecule has 6 nitrogen and oxygen atoms in total. The average Bonchev–Trinajstić information content (AvgIpc) is 3.50. The lowest BCUT2D eigenvalue weighted by Gasteiger charge is -2.34. The number of ether oxygens (including phenoxy) is 2. The summed E-state index contributed by atoms with van der Waals surface area (Å²) in [6.07, 6.45) is 4.14. The third kappa shape index (κ3) is 4.37. The van der Waals surface area contributed by atoms with Crippen molar-refractivity contribution in [2.75, 3.05) is 40.4 Å². The van der Waals surface area contributed by atoms with Crippen LogP contribution in [-0.2, 0) is 14.9 Å². The summed E-state index contributed by atoms with van der Waals surface area (Å²) in [6, 6.07) is 8.27. The number of nitrogens with zero attached hydrogens (tertiary/aromatic N) is 2. The molecule has 1 atom stereocenters. The van der Waals surface area contributed by atoms with E-state index in [2.05, 4.69) is 27.3 Å². The number of likely N-dealkylation sites (tertiary alicyclic amines) is 1. The first-order chi connectivity index (χ1) is 13.1. The van der Waals surface area contributed by atoms with E-state index < -0.39 is 0 Å². The molecule has 0 aromatic heterocycles. The first-order valence-electron chi connectivity index (χ1n) is 9.89. The Morgan fingerprint density at radius 2 is 2.15 bits per heavy atom. The van der Waals surface area contributed by atoms with Gasteiger partial charge in [0.05, 0.1) is 19.6 Å². The highest BCUT2D eigenvalue weighted by Gasteiger charge is 2.46. The molecule has 0 bridgehead atoms. The maximum Gasteiger partial charge on any atom is 0.310 e. The highest BCUT2D eigenvalue weighted by molar-refractivity contribution is 5.81. The molecule has 1 saturated heterocycles. The van der Waals surface area contributed by atoms with Crippen LogP contribution in [-0.4, -0.2) is 57.2 Å². The molecule has 2 fully saturated rings. The molecule has 6 heteroatoms. The molecule has 1 saturated carbocycles. The van der Waals surface area contributed by atoms with Gasteiger partial charge >= 0.3 is 5.97 Å². The summed E-state index contributed by atoms with van der Waals surface area (Å²) in [5, 5.41) is 3.55. The largest absolute Gasteiger partial charge is 0.496 e. The van der Waals surface area contributed by atoms with Crippen molar-refractivity contribution in [3.8, 4) is 5.75 Å². The van der Waals surface area contributed by atoms with Gasteiger partial charge in [-0.1, -0.05) is 18.2 Å². The Morgan fingerprint density at radius 1 is 1.37 bits per heavy atom. The maximum atomic E-state index is 12.1. The Bertz CT molecular complexity index is 685. The van der Waals surface area contributed by atoms with E-state index in [0.717, 1.165) is 50.5 Å². The normalized spacial score (nSPS) is 21.5. The molecule has 1 aliphatic carbocycles. The molecule has 148 valence electrons. The predicted octanol–water partition coefficient (Wildman–Crippen LogP) is 2.58. The van der Waals surface area contributed by atoms with Gasteiger partial charge in [0.15, 0.2) is 5.96 Å². The monoisotopic (exact) mass is 373 g/mol. The van der Waals surface area contributed by atoms with E-state index in [4.69, 9.17) is 9.47 Å². The van der Waals surface area contributed by atoms with Gasteiger partial charge in [0.1, 0.15) is 5.75 Å². The summed E-state index contributed by atoms with van der Waals surface area (Å²) in [7, 11) is 3.53. The van der Waals surface area contributed by atoms with Crippen LogP contribution in [0.1, 0.15) is 38.2 Å². The molecular formula is C21H31N3O3. The minimum atomic E-state index is -0.0923. The molecule has 1 aromatic rings. The van der Waals surface area contributed by atoms with Gasteiger partial charge in [-0.05, 0) is 38.7 Å². The molecule has 1 heterocycles. The SMILES string of the molecule is CCOC(=O)C1CCCN(C(=NC)NCC2(c3ccccc3OC)CC2)C1. The molecule has 1 aliphatic heterocycles. The zero-order chi connectivity index (χ0) is 19.3. The number of hydrogen-bond donors (Lipinski definition) is 1. The van der Waals surface area contributed by atoms with E-state index in [1.165, 1.54) is 5.56 Å². The molecule has 1 unspecified atom stereocenters. The van der Waals surface area contributed by atoms with E-state index in [9.17, 15) is 4.79 Å². The number of benzene rings is 1. The summed E-state index contributed by atoms with van der Waals surface area (Å²) in [5.74, 6) is 1.66. The highest BCUT2D eigenvalue weighted by atomic mass is 16.5. The van der Waals surface area contributed by atoms with Crippen LogP contribution in [0.2, 0.25) is 0 Å². The third-order valence-corrected chi connectivity index (χ3v) is 5.67. The third-order valence-electron chi connectivity index (χ3n) is 5.67. The quantitative estimate of drug-likeness (QED) is 0.472. The minimum absolute atomic E-state index is 0.0682. The van der Waals surface area contributed by atoms with Crippen molar-refractivity contribution in [2.45, 2.75) is 38.0 Å². The van der Waals surface area contributed by atoms with Gasteiger partial charge in [-0.2, -0.15) is 0 Å². The van der Waals surface area contributed by atoms with E-state index >= 15 is 0 Å². The Morgan fingerprint density at radius 3 is 2.81 bits per heavy atom. The molecule has 0 radical (unpaired) electrons. The number of carbonyl (C=O) groups is 1. The Kier molecular flexibility index (Phi) is 6.24. The lowest BCUT2D eigenvalue weighted by molar-refractivity contribution is -0.149. The van der Waals surface area contributed by atoms with Crippen LogP contribution in [0, 0.1) is 5.92 Å². The topological polar surface area (TPSA) is 63.2 Å². The molecule has 0 amide bonds. The number of para-hydroxylation sites is 1. The van der Waals surface area contributed by atoms with E-state index in [-0.39, 0.29) is 17.3 Å². The number of esters is 1. The van der Waals surface area contributed by atoms with Gasteiger partial charge in [0.25, 0.3) is 0 Å². The summed E-state index contributed by atoms with van der Waals surface area (Å²) >= 11 is 0. The van der Waals surface area contributed by atoms with Gasteiger partial charge < -0.3 is 19.7 Å². The second-order valence-electron chi connectivity index (χ2n) is 7.42. The van der Waals surface area contributed by atoms with Crippen LogP contribution in [0.15, 0.2) is 29.3 Å². The number of hydrogen-bond acceptors (Lipinski definition) is 4. The van der Waals surface area contributed by atoms with Crippen molar-refractivity contribution in [1.82, 2.24) is 10.2 Å². The van der Waals surface area contributed by atoms with Crippen LogP contribution in [0.25, 0.3) is 0 Å². The molecule has 1 N–H and O–H groups in total. The van der Waals surface area contributed by atoms with Gasteiger partial charge in [-0.3, -0.25) is 9.79 Å². The van der Waals surface area contributed by atoms with E-state index in [1.807, 2.05) is 19.1 Å². The van der Waals surface area contributed by atoms with Crippen molar-refractivity contribution >= 4 is 11.9 Å². The molecule has 2 aliphatic rings. The number of guanidine groups is 1. The number of rotatable bonds is 6. The summed E-state index contributed by atoms with van der Waals surface area (Å²) < 4.78 is 10.8. The van der Waals surface area contributed by atoms with Crippen molar-refractivity contribution in [2.24, 2.45) is 10.9 Å².